The molecule has 0 radical (unpaired) electrons. The zero-order valence-corrected chi connectivity index (χ0v) is 24.5. The van der Waals surface area contributed by atoms with E-state index in [1.807, 2.05) is 30.3 Å². The molecule has 0 fully saturated rings. The van der Waals surface area contributed by atoms with Gasteiger partial charge < -0.3 is 28.6 Å². The lowest BCUT2D eigenvalue weighted by Crippen LogP contribution is -2.23. The predicted molar refractivity (Wildman–Crippen MR) is 165 cm³/mol. The smallest absolute Gasteiger partial charge is 0.123 e. The summed E-state index contributed by atoms with van der Waals surface area (Å²) in [6.07, 6.45) is 3.51. The summed E-state index contributed by atoms with van der Waals surface area (Å²) < 4.78 is 28.5. The van der Waals surface area contributed by atoms with Crippen molar-refractivity contribution in [2.45, 2.75) is 26.0 Å². The van der Waals surface area contributed by atoms with Crippen LogP contribution in [0.3, 0.4) is 0 Å². The molecule has 0 bridgehead atoms. The largest absolute Gasteiger partial charge is 0.497 e. The fraction of sp³-hybridized carbons (Fsp3) is 0.257. The van der Waals surface area contributed by atoms with Gasteiger partial charge >= 0.3 is 0 Å². The van der Waals surface area contributed by atoms with Crippen LogP contribution in [0.4, 0.5) is 5.69 Å². The molecular formula is C35H37NO5. The van der Waals surface area contributed by atoms with Gasteiger partial charge in [0.15, 0.2) is 0 Å². The molecule has 1 aliphatic heterocycles. The first kappa shape index (κ1) is 28.0. The van der Waals surface area contributed by atoms with Gasteiger partial charge in [0.05, 0.1) is 34.1 Å². The van der Waals surface area contributed by atoms with Crippen LogP contribution >= 0.6 is 0 Å². The van der Waals surface area contributed by atoms with Crippen molar-refractivity contribution in [3.8, 4) is 39.9 Å². The van der Waals surface area contributed by atoms with Crippen LogP contribution in [0.1, 0.15) is 27.8 Å². The predicted octanol–water partition coefficient (Wildman–Crippen LogP) is 7.35. The molecule has 0 N–H and O–H groups in total. The lowest BCUT2D eigenvalue weighted by atomic mass is 9.88. The van der Waals surface area contributed by atoms with Crippen molar-refractivity contribution in [3.05, 3.63) is 101 Å². The summed E-state index contributed by atoms with van der Waals surface area (Å²) in [6, 6.07) is 22.7. The van der Waals surface area contributed by atoms with Crippen LogP contribution in [-0.2, 0) is 26.0 Å². The minimum absolute atomic E-state index is 0.388. The Bertz CT molecular complexity index is 1520. The number of anilines is 1. The summed E-state index contributed by atoms with van der Waals surface area (Å²) in [5.74, 6) is 3.90. The number of fused-ring (bicyclic) bond motifs is 3. The molecule has 0 amide bonds. The van der Waals surface area contributed by atoms with Crippen molar-refractivity contribution >= 4 is 11.8 Å². The average molecular weight is 552 g/mol. The first-order chi connectivity index (χ1) is 20.0. The average Bonchev–Trinajstić information content (AvgIpc) is 3.01. The molecule has 212 valence electrons. The standard InChI is InChI=1S/C35H37NO5/c1-7-25-9-8-10-32-33-17-26(12-11-23-13-28(37-3)19-29(14-23)38-4)34(18-27(33)21-36(2)35(25)32)41-22-24-15-30(39-5)20-31(16-24)40-6/h7-10,13-20H,1,11-12,21-22H2,2-6H3. The Morgan fingerprint density at radius 2 is 1.34 bits per heavy atom. The Balaban J connectivity index is 1.53. The molecule has 6 heteroatoms. The van der Waals surface area contributed by atoms with Crippen LogP contribution in [0.5, 0.6) is 28.7 Å². The van der Waals surface area contributed by atoms with Gasteiger partial charge in [-0.25, -0.2) is 0 Å². The van der Waals surface area contributed by atoms with Gasteiger partial charge in [0.25, 0.3) is 0 Å². The lowest BCUT2D eigenvalue weighted by Gasteiger charge is -2.32. The molecule has 0 saturated carbocycles. The normalized spacial score (nSPS) is 11.8. The van der Waals surface area contributed by atoms with Gasteiger partial charge in [0.2, 0.25) is 0 Å². The molecule has 0 aliphatic carbocycles. The van der Waals surface area contributed by atoms with Crippen LogP contribution in [0.25, 0.3) is 17.2 Å². The Hall–Kier alpha value is -4.58. The first-order valence-electron chi connectivity index (χ1n) is 13.7. The Morgan fingerprint density at radius 1 is 0.732 bits per heavy atom. The van der Waals surface area contributed by atoms with E-state index in [0.717, 1.165) is 70.4 Å². The number of ether oxygens (including phenoxy) is 5. The van der Waals surface area contributed by atoms with E-state index in [1.54, 1.807) is 28.4 Å². The SMILES string of the molecule is C=Cc1cccc2c1N(C)Cc1cc(OCc3cc(OC)cc(OC)c3)c(CCc3cc(OC)cc(OC)c3)cc1-2. The van der Waals surface area contributed by atoms with E-state index in [2.05, 4.69) is 61.0 Å². The number of hydrogen-bond donors (Lipinski definition) is 0. The van der Waals surface area contributed by atoms with E-state index in [-0.39, 0.29) is 0 Å². The zero-order chi connectivity index (χ0) is 28.9. The first-order valence-corrected chi connectivity index (χ1v) is 13.7. The highest BCUT2D eigenvalue weighted by molar-refractivity contribution is 5.89. The van der Waals surface area contributed by atoms with Gasteiger partial charge in [0.1, 0.15) is 35.4 Å². The lowest BCUT2D eigenvalue weighted by molar-refractivity contribution is 0.300. The highest BCUT2D eigenvalue weighted by Gasteiger charge is 2.24. The van der Waals surface area contributed by atoms with Gasteiger partial charge in [-0.2, -0.15) is 0 Å². The van der Waals surface area contributed by atoms with Crippen LogP contribution < -0.4 is 28.6 Å². The molecule has 5 rings (SSSR count). The van der Waals surface area contributed by atoms with Gasteiger partial charge in [-0.3, -0.25) is 0 Å². The molecule has 0 saturated heterocycles. The summed E-state index contributed by atoms with van der Waals surface area (Å²) in [5, 5.41) is 0. The molecule has 6 nitrogen and oxygen atoms in total. The second-order valence-electron chi connectivity index (χ2n) is 10.2. The van der Waals surface area contributed by atoms with Crippen LogP contribution in [0, 0.1) is 0 Å². The second-order valence-corrected chi connectivity index (χ2v) is 10.2. The monoisotopic (exact) mass is 551 g/mol. The van der Waals surface area contributed by atoms with Crippen molar-refractivity contribution in [3.63, 3.8) is 0 Å². The number of rotatable bonds is 11. The molecule has 4 aromatic carbocycles. The number of methoxy groups -OCH3 is 4. The molecule has 1 heterocycles. The van der Waals surface area contributed by atoms with Crippen LogP contribution in [0.2, 0.25) is 0 Å². The number of nitrogens with zero attached hydrogens (tertiary/aromatic N) is 1. The van der Waals surface area contributed by atoms with Gasteiger partial charge in [0, 0.05) is 31.3 Å². The quantitative estimate of drug-likeness (QED) is 0.194. The van der Waals surface area contributed by atoms with Crippen molar-refractivity contribution in [1.82, 2.24) is 0 Å². The molecular weight excluding hydrogens is 514 g/mol. The van der Waals surface area contributed by atoms with Gasteiger partial charge in [-0.05, 0) is 82.6 Å². The summed E-state index contributed by atoms with van der Waals surface area (Å²) >= 11 is 0. The third kappa shape index (κ3) is 5.97. The maximum absolute atomic E-state index is 6.54. The number of para-hydroxylation sites is 1. The van der Waals surface area contributed by atoms with E-state index >= 15 is 0 Å². The molecule has 0 unspecified atom stereocenters. The van der Waals surface area contributed by atoms with E-state index in [1.165, 1.54) is 22.4 Å². The van der Waals surface area contributed by atoms with E-state index in [9.17, 15) is 0 Å². The molecule has 4 aromatic rings. The van der Waals surface area contributed by atoms with Crippen molar-refractivity contribution in [2.75, 3.05) is 40.4 Å². The maximum atomic E-state index is 6.54. The molecule has 0 aromatic heterocycles. The number of benzene rings is 4. The molecule has 0 atom stereocenters. The number of hydrogen-bond acceptors (Lipinski definition) is 6. The summed E-state index contributed by atoms with van der Waals surface area (Å²) in [7, 11) is 8.78. The van der Waals surface area contributed by atoms with E-state index < -0.39 is 0 Å². The number of aryl methyl sites for hydroxylation is 2. The molecule has 0 spiro atoms. The van der Waals surface area contributed by atoms with Crippen LogP contribution in [0.15, 0.2) is 73.3 Å². The molecule has 41 heavy (non-hydrogen) atoms. The van der Waals surface area contributed by atoms with E-state index in [4.69, 9.17) is 23.7 Å². The minimum atomic E-state index is 0.388. The van der Waals surface area contributed by atoms with Crippen LogP contribution in [-0.4, -0.2) is 35.5 Å². The fourth-order valence-electron chi connectivity index (χ4n) is 5.48. The minimum Gasteiger partial charge on any atom is -0.497 e. The van der Waals surface area contributed by atoms with Gasteiger partial charge in [-0.1, -0.05) is 30.9 Å². The third-order valence-electron chi connectivity index (χ3n) is 7.55. The molecule has 1 aliphatic rings. The van der Waals surface area contributed by atoms with Crippen molar-refractivity contribution in [2.24, 2.45) is 0 Å². The highest BCUT2D eigenvalue weighted by atomic mass is 16.5. The zero-order valence-electron chi connectivity index (χ0n) is 24.5. The fourth-order valence-corrected chi connectivity index (χ4v) is 5.48. The Kier molecular flexibility index (Phi) is 8.39. The summed E-state index contributed by atoms with van der Waals surface area (Å²) in [5.41, 5.74) is 9.25. The van der Waals surface area contributed by atoms with Gasteiger partial charge in [-0.15, -0.1) is 0 Å². The Labute approximate surface area is 242 Å². The summed E-state index contributed by atoms with van der Waals surface area (Å²) in [4.78, 5) is 2.29. The van der Waals surface area contributed by atoms with Crippen molar-refractivity contribution < 1.29 is 23.7 Å². The topological polar surface area (TPSA) is 49.4 Å². The van der Waals surface area contributed by atoms with E-state index in [0.29, 0.717) is 6.61 Å². The summed E-state index contributed by atoms with van der Waals surface area (Å²) in [6.45, 7) is 5.22. The third-order valence-corrected chi connectivity index (χ3v) is 7.55. The highest BCUT2D eigenvalue weighted by Crippen LogP contribution is 2.43. The Morgan fingerprint density at radius 3 is 1.93 bits per heavy atom. The second kappa shape index (κ2) is 12.3. The maximum Gasteiger partial charge on any atom is 0.123 e. The van der Waals surface area contributed by atoms with Crippen molar-refractivity contribution in [1.29, 1.82) is 0 Å².